The van der Waals surface area contributed by atoms with Crippen LogP contribution < -0.4 is 10.9 Å². The third-order valence-electron chi connectivity index (χ3n) is 3.60. The molecule has 1 fully saturated rings. The van der Waals surface area contributed by atoms with Crippen LogP contribution in [0.2, 0.25) is 0 Å². The molecule has 1 saturated carbocycles. The third kappa shape index (κ3) is 2.62. The molecule has 0 bridgehead atoms. The molecule has 0 amide bonds. The minimum absolute atomic E-state index is 0.139. The molecule has 2 rings (SSSR count). The fraction of sp³-hybridized carbons (Fsp3) is 0.615. The average molecular weight is 265 g/mol. The maximum atomic E-state index is 12.2. The van der Waals surface area contributed by atoms with E-state index in [0.717, 1.165) is 19.3 Å². The zero-order chi connectivity index (χ0) is 13.9. The van der Waals surface area contributed by atoms with Crippen LogP contribution in [0.3, 0.4) is 0 Å². The number of carboxylic acids is 1. The van der Waals surface area contributed by atoms with Crippen molar-refractivity contribution >= 4 is 11.8 Å². The van der Waals surface area contributed by atoms with Gasteiger partial charge in [0.2, 0.25) is 0 Å². The largest absolute Gasteiger partial charge is 0.480 e. The van der Waals surface area contributed by atoms with Gasteiger partial charge in [-0.15, -0.1) is 0 Å². The second-order valence-corrected chi connectivity index (χ2v) is 4.99. The van der Waals surface area contributed by atoms with E-state index in [0.29, 0.717) is 19.4 Å². The zero-order valence-corrected chi connectivity index (χ0v) is 11.1. The summed E-state index contributed by atoms with van der Waals surface area (Å²) >= 11 is 0. The van der Waals surface area contributed by atoms with E-state index in [1.165, 1.54) is 6.20 Å². The number of nitrogens with zero attached hydrogens (tertiary/aromatic N) is 2. The highest BCUT2D eigenvalue weighted by Gasteiger charge is 2.42. The number of rotatable bonds is 5. The van der Waals surface area contributed by atoms with Crippen LogP contribution in [0.15, 0.2) is 17.2 Å². The maximum Gasteiger partial charge on any atom is 0.329 e. The number of aliphatic carboxylic acids is 1. The second-order valence-electron chi connectivity index (χ2n) is 4.99. The lowest BCUT2D eigenvalue weighted by atomic mass is 9.98. The lowest BCUT2D eigenvalue weighted by Crippen LogP contribution is -2.45. The Morgan fingerprint density at radius 1 is 1.53 bits per heavy atom. The Morgan fingerprint density at radius 3 is 2.79 bits per heavy atom. The summed E-state index contributed by atoms with van der Waals surface area (Å²) in [6.07, 6.45) is 6.78. The highest BCUT2D eigenvalue weighted by molar-refractivity contribution is 5.82. The molecule has 6 heteroatoms. The van der Waals surface area contributed by atoms with E-state index >= 15 is 0 Å². The molecule has 0 aliphatic heterocycles. The first-order valence-electron chi connectivity index (χ1n) is 6.66. The molecule has 0 atom stereocenters. The molecule has 0 aromatic carbocycles. The minimum atomic E-state index is -1.03. The Hall–Kier alpha value is -1.85. The molecule has 1 heterocycles. The third-order valence-corrected chi connectivity index (χ3v) is 3.60. The van der Waals surface area contributed by atoms with Crippen molar-refractivity contribution in [2.75, 3.05) is 5.32 Å². The van der Waals surface area contributed by atoms with Gasteiger partial charge in [0.15, 0.2) is 5.82 Å². The fourth-order valence-corrected chi connectivity index (χ4v) is 2.55. The number of anilines is 1. The normalized spacial score (nSPS) is 17.3. The monoisotopic (exact) mass is 265 g/mol. The quantitative estimate of drug-likeness (QED) is 0.842. The number of carbonyl (C=O) groups is 1. The lowest BCUT2D eigenvalue weighted by Gasteiger charge is -2.25. The van der Waals surface area contributed by atoms with Gasteiger partial charge in [-0.1, -0.05) is 19.8 Å². The number of nitrogens with one attached hydrogen (secondary N) is 1. The molecule has 2 N–H and O–H groups in total. The molecule has 0 unspecified atom stereocenters. The molecule has 19 heavy (non-hydrogen) atoms. The van der Waals surface area contributed by atoms with Crippen molar-refractivity contribution in [1.82, 2.24) is 9.55 Å². The summed E-state index contributed by atoms with van der Waals surface area (Å²) in [5.74, 6) is -0.766. The van der Waals surface area contributed by atoms with E-state index in [4.69, 9.17) is 0 Å². The van der Waals surface area contributed by atoms with Crippen molar-refractivity contribution < 1.29 is 9.90 Å². The van der Waals surface area contributed by atoms with E-state index in [1.807, 2.05) is 6.92 Å². The fourth-order valence-electron chi connectivity index (χ4n) is 2.55. The van der Waals surface area contributed by atoms with Crippen LogP contribution in [0.25, 0.3) is 0 Å². The first-order chi connectivity index (χ1) is 9.09. The average Bonchev–Trinajstić information content (AvgIpc) is 2.84. The van der Waals surface area contributed by atoms with Gasteiger partial charge in [-0.3, -0.25) is 4.79 Å². The number of hydrogen-bond donors (Lipinski definition) is 2. The SMILES string of the molecule is CCCn1ccnc(NC2(C(=O)O)CCCC2)c1=O. The first kappa shape index (κ1) is 13.6. The lowest BCUT2D eigenvalue weighted by molar-refractivity contribution is -0.142. The van der Waals surface area contributed by atoms with Crippen LogP contribution >= 0.6 is 0 Å². The van der Waals surface area contributed by atoms with Crippen molar-refractivity contribution in [2.45, 2.75) is 51.1 Å². The van der Waals surface area contributed by atoms with Crippen molar-refractivity contribution in [3.05, 3.63) is 22.7 Å². The number of carboxylic acid groups (broad SMARTS) is 1. The summed E-state index contributed by atoms with van der Waals surface area (Å²) in [6, 6.07) is 0. The Kier molecular flexibility index (Phi) is 3.87. The highest BCUT2D eigenvalue weighted by atomic mass is 16.4. The molecular formula is C13H19N3O3. The minimum Gasteiger partial charge on any atom is -0.480 e. The molecule has 0 saturated heterocycles. The van der Waals surface area contributed by atoms with Gasteiger partial charge in [0.1, 0.15) is 5.54 Å². The molecule has 0 radical (unpaired) electrons. The Labute approximate surface area is 111 Å². The maximum absolute atomic E-state index is 12.2. The molecule has 1 aliphatic rings. The van der Waals surface area contributed by atoms with Crippen molar-refractivity contribution in [3.8, 4) is 0 Å². The standard InChI is InChI=1S/C13H19N3O3/c1-2-8-16-9-7-14-10(11(16)17)15-13(12(18)19)5-3-4-6-13/h7,9H,2-6,8H2,1H3,(H,14,15)(H,18,19). The van der Waals surface area contributed by atoms with Gasteiger partial charge in [-0.2, -0.15) is 0 Å². The van der Waals surface area contributed by atoms with E-state index in [1.54, 1.807) is 10.8 Å². The van der Waals surface area contributed by atoms with Crippen LogP contribution in [0.5, 0.6) is 0 Å². The molecule has 104 valence electrons. The summed E-state index contributed by atoms with van der Waals surface area (Å²) < 4.78 is 1.56. The van der Waals surface area contributed by atoms with Gasteiger partial charge in [0.05, 0.1) is 0 Å². The predicted octanol–water partition coefficient (Wildman–Crippen LogP) is 1.46. The Balaban J connectivity index is 2.30. The van der Waals surface area contributed by atoms with Crippen LogP contribution in [0.1, 0.15) is 39.0 Å². The van der Waals surface area contributed by atoms with Gasteiger partial charge in [-0.05, 0) is 19.3 Å². The first-order valence-corrected chi connectivity index (χ1v) is 6.66. The molecule has 1 aliphatic carbocycles. The Bertz CT molecular complexity index is 518. The van der Waals surface area contributed by atoms with Gasteiger partial charge in [-0.25, -0.2) is 9.78 Å². The van der Waals surface area contributed by atoms with E-state index in [-0.39, 0.29) is 11.4 Å². The van der Waals surface area contributed by atoms with Crippen LogP contribution in [-0.2, 0) is 11.3 Å². The van der Waals surface area contributed by atoms with Crippen molar-refractivity contribution in [3.63, 3.8) is 0 Å². The molecule has 1 aromatic heterocycles. The summed E-state index contributed by atoms with van der Waals surface area (Å²) in [6.45, 7) is 2.59. The van der Waals surface area contributed by atoms with Gasteiger partial charge in [0, 0.05) is 18.9 Å². The van der Waals surface area contributed by atoms with E-state index in [2.05, 4.69) is 10.3 Å². The topological polar surface area (TPSA) is 84.2 Å². The summed E-state index contributed by atoms with van der Waals surface area (Å²) in [5.41, 5.74) is -1.28. The molecule has 1 aromatic rings. The number of aromatic nitrogens is 2. The summed E-state index contributed by atoms with van der Waals surface area (Å²) in [5, 5.41) is 12.3. The molecular weight excluding hydrogens is 246 g/mol. The predicted molar refractivity (Wildman–Crippen MR) is 71.2 cm³/mol. The van der Waals surface area contributed by atoms with Gasteiger partial charge < -0.3 is 15.0 Å². The van der Waals surface area contributed by atoms with Gasteiger partial charge in [0.25, 0.3) is 5.56 Å². The van der Waals surface area contributed by atoms with Gasteiger partial charge >= 0.3 is 5.97 Å². The smallest absolute Gasteiger partial charge is 0.329 e. The van der Waals surface area contributed by atoms with Crippen molar-refractivity contribution in [2.24, 2.45) is 0 Å². The van der Waals surface area contributed by atoms with E-state index < -0.39 is 11.5 Å². The highest BCUT2D eigenvalue weighted by Crippen LogP contribution is 2.32. The van der Waals surface area contributed by atoms with Crippen LogP contribution in [0.4, 0.5) is 5.82 Å². The summed E-state index contributed by atoms with van der Waals surface area (Å²) in [7, 11) is 0. The number of aryl methyl sites for hydroxylation is 1. The summed E-state index contributed by atoms with van der Waals surface area (Å²) in [4.78, 5) is 27.6. The van der Waals surface area contributed by atoms with Crippen LogP contribution in [-0.4, -0.2) is 26.2 Å². The molecule has 6 nitrogen and oxygen atoms in total. The molecule has 0 spiro atoms. The van der Waals surface area contributed by atoms with E-state index in [9.17, 15) is 14.7 Å². The Morgan fingerprint density at radius 2 is 2.21 bits per heavy atom. The van der Waals surface area contributed by atoms with Crippen molar-refractivity contribution in [1.29, 1.82) is 0 Å². The zero-order valence-electron chi connectivity index (χ0n) is 11.1. The van der Waals surface area contributed by atoms with Crippen LogP contribution in [0, 0.1) is 0 Å². The second kappa shape index (κ2) is 5.42. The number of hydrogen-bond acceptors (Lipinski definition) is 4.